The van der Waals surface area contributed by atoms with Gasteiger partial charge in [0.2, 0.25) is 0 Å². The van der Waals surface area contributed by atoms with Crippen molar-refractivity contribution in [2.24, 2.45) is 5.92 Å². The highest BCUT2D eigenvalue weighted by Crippen LogP contribution is 2.26. The summed E-state index contributed by atoms with van der Waals surface area (Å²) in [5.41, 5.74) is 0. The molecule has 1 atom stereocenters. The van der Waals surface area contributed by atoms with Gasteiger partial charge in [0.05, 0.1) is 0 Å². The lowest BCUT2D eigenvalue weighted by Crippen LogP contribution is -2.42. The molecule has 0 unspecified atom stereocenters. The van der Waals surface area contributed by atoms with Crippen LogP contribution in [0, 0.1) is 5.92 Å². The Morgan fingerprint density at radius 2 is 1.81 bits per heavy atom. The van der Waals surface area contributed by atoms with Crippen molar-refractivity contribution in [1.29, 1.82) is 0 Å². The summed E-state index contributed by atoms with van der Waals surface area (Å²) >= 11 is 0. The normalized spacial score (nSPS) is 27.7. The number of imide groups is 1. The van der Waals surface area contributed by atoms with Gasteiger partial charge < -0.3 is 5.32 Å². The molecule has 1 saturated heterocycles. The van der Waals surface area contributed by atoms with Gasteiger partial charge >= 0.3 is 6.03 Å². The Hall–Kier alpha value is -1.06. The van der Waals surface area contributed by atoms with Gasteiger partial charge in [-0.15, -0.1) is 0 Å². The Labute approximate surface area is 96.4 Å². The van der Waals surface area contributed by atoms with Gasteiger partial charge in [0.15, 0.2) is 0 Å². The first kappa shape index (κ1) is 11.4. The molecule has 1 aliphatic carbocycles. The SMILES string of the molecule is CC(C)[C@H]1NC(=O)N(C2CCCCC2)C1=O. The van der Waals surface area contributed by atoms with Crippen LogP contribution in [-0.2, 0) is 4.79 Å². The van der Waals surface area contributed by atoms with Crippen molar-refractivity contribution in [2.45, 2.75) is 58.0 Å². The molecule has 1 heterocycles. The minimum Gasteiger partial charge on any atom is -0.326 e. The van der Waals surface area contributed by atoms with E-state index in [1.165, 1.54) is 11.3 Å². The topological polar surface area (TPSA) is 49.4 Å². The molecule has 90 valence electrons. The van der Waals surface area contributed by atoms with E-state index < -0.39 is 0 Å². The van der Waals surface area contributed by atoms with Crippen LogP contribution in [0.25, 0.3) is 0 Å². The summed E-state index contributed by atoms with van der Waals surface area (Å²) < 4.78 is 0. The fourth-order valence-corrected chi connectivity index (χ4v) is 2.65. The molecule has 2 rings (SSSR count). The molecule has 0 aromatic rings. The Balaban J connectivity index is 2.09. The maximum Gasteiger partial charge on any atom is 0.325 e. The predicted molar refractivity (Wildman–Crippen MR) is 60.9 cm³/mol. The Morgan fingerprint density at radius 3 is 2.31 bits per heavy atom. The summed E-state index contributed by atoms with van der Waals surface area (Å²) in [4.78, 5) is 25.4. The molecule has 0 radical (unpaired) electrons. The monoisotopic (exact) mass is 224 g/mol. The van der Waals surface area contributed by atoms with Crippen LogP contribution < -0.4 is 5.32 Å². The van der Waals surface area contributed by atoms with Crippen molar-refractivity contribution < 1.29 is 9.59 Å². The van der Waals surface area contributed by atoms with E-state index in [0.29, 0.717) is 0 Å². The number of nitrogens with one attached hydrogen (secondary N) is 1. The molecule has 1 aliphatic heterocycles. The fourth-order valence-electron chi connectivity index (χ4n) is 2.65. The summed E-state index contributed by atoms with van der Waals surface area (Å²) in [5.74, 6) is 0.150. The van der Waals surface area contributed by atoms with E-state index in [0.717, 1.165) is 25.7 Å². The summed E-state index contributed by atoms with van der Waals surface area (Å²) in [6, 6.07) is -0.352. The minimum absolute atomic E-state index is 0.0214. The average molecular weight is 224 g/mol. The zero-order chi connectivity index (χ0) is 11.7. The number of urea groups is 1. The molecular formula is C12H20N2O2. The van der Waals surface area contributed by atoms with Crippen LogP contribution in [-0.4, -0.2) is 28.9 Å². The summed E-state index contributed by atoms with van der Waals surface area (Å²) in [7, 11) is 0. The van der Waals surface area contributed by atoms with Crippen LogP contribution in [0.15, 0.2) is 0 Å². The maximum atomic E-state index is 12.1. The van der Waals surface area contributed by atoms with Gasteiger partial charge in [0.1, 0.15) is 6.04 Å². The maximum absolute atomic E-state index is 12.1. The molecule has 16 heavy (non-hydrogen) atoms. The second-order valence-electron chi connectivity index (χ2n) is 5.17. The van der Waals surface area contributed by atoms with Gasteiger partial charge in [0.25, 0.3) is 5.91 Å². The smallest absolute Gasteiger partial charge is 0.325 e. The van der Waals surface area contributed by atoms with Crippen LogP contribution in [0.5, 0.6) is 0 Å². The van der Waals surface area contributed by atoms with Crippen LogP contribution in [0.2, 0.25) is 0 Å². The first-order chi connectivity index (χ1) is 7.61. The number of carbonyl (C=O) groups is 2. The Morgan fingerprint density at radius 1 is 1.19 bits per heavy atom. The molecule has 1 N–H and O–H groups in total. The van der Waals surface area contributed by atoms with Crippen molar-refractivity contribution in [3.8, 4) is 0 Å². The van der Waals surface area contributed by atoms with E-state index in [9.17, 15) is 9.59 Å². The van der Waals surface area contributed by atoms with Gasteiger partial charge in [-0.05, 0) is 18.8 Å². The number of carbonyl (C=O) groups excluding carboxylic acids is 2. The van der Waals surface area contributed by atoms with E-state index >= 15 is 0 Å². The number of amides is 3. The minimum atomic E-state index is -0.311. The second kappa shape index (κ2) is 4.44. The van der Waals surface area contributed by atoms with Gasteiger partial charge in [-0.1, -0.05) is 33.1 Å². The van der Waals surface area contributed by atoms with E-state index in [1.807, 2.05) is 13.8 Å². The Bertz CT molecular complexity index is 295. The number of rotatable bonds is 2. The zero-order valence-corrected chi connectivity index (χ0v) is 10.0. The van der Waals surface area contributed by atoms with E-state index in [4.69, 9.17) is 0 Å². The van der Waals surface area contributed by atoms with Crippen LogP contribution in [0.3, 0.4) is 0 Å². The molecule has 0 aromatic carbocycles. The van der Waals surface area contributed by atoms with Crippen LogP contribution in [0.1, 0.15) is 46.0 Å². The average Bonchev–Trinajstić information content (AvgIpc) is 2.56. The third-order valence-corrected chi connectivity index (χ3v) is 3.61. The molecule has 4 heteroatoms. The highest BCUT2D eigenvalue weighted by atomic mass is 16.2. The first-order valence-corrected chi connectivity index (χ1v) is 6.25. The van der Waals surface area contributed by atoms with Crippen molar-refractivity contribution in [2.75, 3.05) is 0 Å². The van der Waals surface area contributed by atoms with Gasteiger partial charge in [-0.3, -0.25) is 9.69 Å². The first-order valence-electron chi connectivity index (χ1n) is 6.25. The van der Waals surface area contributed by atoms with Crippen molar-refractivity contribution >= 4 is 11.9 Å². The predicted octanol–water partition coefficient (Wildman–Crippen LogP) is 1.90. The summed E-state index contributed by atoms with van der Waals surface area (Å²) in [6.45, 7) is 3.93. The standard InChI is InChI=1S/C12H20N2O2/c1-8(2)10-11(15)14(12(16)13-10)9-6-4-3-5-7-9/h8-10H,3-7H2,1-2H3,(H,13,16)/t10-/m1/s1. The molecule has 4 nitrogen and oxygen atoms in total. The van der Waals surface area contributed by atoms with Gasteiger partial charge in [-0.25, -0.2) is 4.79 Å². The largest absolute Gasteiger partial charge is 0.326 e. The van der Waals surface area contributed by atoms with Crippen molar-refractivity contribution in [3.63, 3.8) is 0 Å². The van der Waals surface area contributed by atoms with Gasteiger partial charge in [0, 0.05) is 6.04 Å². The molecule has 1 saturated carbocycles. The van der Waals surface area contributed by atoms with Crippen LogP contribution in [0.4, 0.5) is 4.79 Å². The fraction of sp³-hybridized carbons (Fsp3) is 0.833. The van der Waals surface area contributed by atoms with Crippen molar-refractivity contribution in [3.05, 3.63) is 0 Å². The highest BCUT2D eigenvalue weighted by molar-refractivity contribution is 6.04. The Kier molecular flexibility index (Phi) is 3.17. The lowest BCUT2D eigenvalue weighted by Gasteiger charge is -2.28. The number of nitrogens with zero attached hydrogens (tertiary/aromatic N) is 1. The number of hydrogen-bond acceptors (Lipinski definition) is 2. The lowest BCUT2D eigenvalue weighted by atomic mass is 9.94. The second-order valence-corrected chi connectivity index (χ2v) is 5.17. The number of hydrogen-bond donors (Lipinski definition) is 1. The van der Waals surface area contributed by atoms with E-state index in [-0.39, 0.29) is 29.9 Å². The summed E-state index contributed by atoms with van der Waals surface area (Å²) in [5, 5.41) is 2.79. The molecule has 0 bridgehead atoms. The molecule has 2 aliphatic rings. The zero-order valence-electron chi connectivity index (χ0n) is 10.0. The third kappa shape index (κ3) is 1.93. The molecule has 0 aromatic heterocycles. The lowest BCUT2D eigenvalue weighted by molar-refractivity contribution is -0.130. The van der Waals surface area contributed by atoms with E-state index in [1.54, 1.807) is 0 Å². The highest BCUT2D eigenvalue weighted by Gasteiger charge is 2.43. The van der Waals surface area contributed by atoms with Crippen molar-refractivity contribution in [1.82, 2.24) is 10.2 Å². The van der Waals surface area contributed by atoms with E-state index in [2.05, 4.69) is 5.32 Å². The molecule has 0 spiro atoms. The summed E-state index contributed by atoms with van der Waals surface area (Å²) in [6.07, 6.45) is 5.45. The van der Waals surface area contributed by atoms with Crippen LogP contribution >= 0.6 is 0 Å². The van der Waals surface area contributed by atoms with Gasteiger partial charge in [-0.2, -0.15) is 0 Å². The molecule has 3 amide bonds. The quantitative estimate of drug-likeness (QED) is 0.728. The third-order valence-electron chi connectivity index (χ3n) is 3.61. The molecule has 2 fully saturated rings. The molecular weight excluding hydrogens is 204 g/mol.